The SMILES string of the molecule is Nc1ccc(Br)cc1SC[B-](F)(F)F.[K+]. The van der Waals surface area contributed by atoms with Crippen molar-refractivity contribution in [2.75, 3.05) is 11.4 Å². The predicted molar refractivity (Wildman–Crippen MR) is 58.4 cm³/mol. The Balaban J connectivity index is 0.00000196. The molecular weight excluding hydrogens is 317 g/mol. The molecule has 0 aliphatic heterocycles. The van der Waals surface area contributed by atoms with Gasteiger partial charge in [0, 0.05) is 15.1 Å². The number of nitrogen functional groups attached to an aromatic ring is 1. The second-order valence-corrected chi connectivity index (χ2v) is 4.68. The first-order chi connectivity index (χ1) is 6.38. The van der Waals surface area contributed by atoms with Gasteiger partial charge in [0.25, 0.3) is 0 Å². The first-order valence-corrected chi connectivity index (χ1v) is 5.55. The van der Waals surface area contributed by atoms with Crippen LogP contribution in [0.15, 0.2) is 27.6 Å². The van der Waals surface area contributed by atoms with Crippen LogP contribution in [0.4, 0.5) is 18.6 Å². The van der Waals surface area contributed by atoms with Crippen LogP contribution in [-0.2, 0) is 0 Å². The number of hydrogen-bond acceptors (Lipinski definition) is 2. The van der Waals surface area contributed by atoms with Crippen LogP contribution in [0.25, 0.3) is 0 Å². The Morgan fingerprint density at radius 1 is 1.33 bits per heavy atom. The Hall–Kier alpha value is 1.34. The zero-order chi connectivity index (χ0) is 10.8. The van der Waals surface area contributed by atoms with E-state index < -0.39 is 12.6 Å². The fourth-order valence-electron chi connectivity index (χ4n) is 0.817. The van der Waals surface area contributed by atoms with Crippen LogP contribution >= 0.6 is 27.7 Å². The Morgan fingerprint density at radius 2 is 1.93 bits per heavy atom. The molecule has 2 N–H and O–H groups in total. The maximum atomic E-state index is 12.0. The summed E-state index contributed by atoms with van der Waals surface area (Å²) in [4.78, 5) is 0.457. The first kappa shape index (κ1) is 16.3. The van der Waals surface area contributed by atoms with Crippen LogP contribution in [0.2, 0.25) is 0 Å². The van der Waals surface area contributed by atoms with E-state index in [0.717, 1.165) is 4.47 Å². The number of anilines is 1. The molecule has 0 amide bonds. The number of benzene rings is 1. The van der Waals surface area contributed by atoms with Gasteiger partial charge < -0.3 is 18.7 Å². The van der Waals surface area contributed by atoms with Crippen molar-refractivity contribution in [1.82, 2.24) is 0 Å². The molecule has 8 heteroatoms. The molecule has 0 fully saturated rings. The van der Waals surface area contributed by atoms with E-state index in [4.69, 9.17) is 5.73 Å². The van der Waals surface area contributed by atoms with Crippen molar-refractivity contribution in [3.8, 4) is 0 Å². The molecule has 0 bridgehead atoms. The third-order valence-corrected chi connectivity index (χ3v) is 3.11. The number of halogens is 4. The molecule has 0 unspecified atom stereocenters. The number of hydrogen-bond donors (Lipinski definition) is 1. The van der Waals surface area contributed by atoms with Gasteiger partial charge in [0.15, 0.2) is 0 Å². The van der Waals surface area contributed by atoms with Gasteiger partial charge in [-0.05, 0) is 23.9 Å². The molecule has 1 aromatic carbocycles. The summed E-state index contributed by atoms with van der Waals surface area (Å²) in [6.45, 7) is -4.76. The first-order valence-electron chi connectivity index (χ1n) is 3.77. The van der Waals surface area contributed by atoms with Gasteiger partial charge in [0.05, 0.1) is 0 Å². The van der Waals surface area contributed by atoms with E-state index >= 15 is 0 Å². The zero-order valence-corrected chi connectivity index (χ0v) is 13.5. The van der Waals surface area contributed by atoms with Gasteiger partial charge in [-0.1, -0.05) is 15.9 Å². The third-order valence-electron chi connectivity index (χ3n) is 1.40. The Morgan fingerprint density at radius 3 is 2.47 bits per heavy atom. The summed E-state index contributed by atoms with van der Waals surface area (Å²) in [5, 5.41) is 0. The molecule has 0 saturated carbocycles. The molecule has 0 radical (unpaired) electrons. The smallest absolute Gasteiger partial charge is 0.448 e. The Bertz CT molecular complexity index is 337. The quantitative estimate of drug-likeness (QED) is 0.498. The summed E-state index contributed by atoms with van der Waals surface area (Å²) in [5.41, 5.74) is 5.03. The van der Waals surface area contributed by atoms with Crippen LogP contribution in [0, 0.1) is 0 Å². The maximum absolute atomic E-state index is 12.0. The van der Waals surface area contributed by atoms with Crippen LogP contribution in [-0.4, -0.2) is 12.6 Å². The molecule has 0 atom stereocenters. The van der Waals surface area contributed by atoms with Crippen molar-refractivity contribution < 1.29 is 64.3 Å². The summed E-state index contributed by atoms with van der Waals surface area (Å²) in [7, 11) is 0. The van der Waals surface area contributed by atoms with Crippen molar-refractivity contribution in [3.05, 3.63) is 22.7 Å². The van der Waals surface area contributed by atoms with E-state index in [9.17, 15) is 12.9 Å². The van der Waals surface area contributed by atoms with Gasteiger partial charge in [-0.2, -0.15) is 11.8 Å². The van der Waals surface area contributed by atoms with Gasteiger partial charge in [-0.3, -0.25) is 0 Å². The summed E-state index contributed by atoms with van der Waals surface area (Å²) >= 11 is 3.89. The van der Waals surface area contributed by atoms with Crippen LogP contribution in [0.5, 0.6) is 0 Å². The summed E-state index contributed by atoms with van der Waals surface area (Å²) in [5.74, 6) is 0. The second-order valence-electron chi connectivity index (χ2n) is 2.70. The molecule has 0 aliphatic carbocycles. The number of thioether (sulfide) groups is 1. The minimum Gasteiger partial charge on any atom is -0.448 e. The molecule has 0 spiro atoms. The van der Waals surface area contributed by atoms with Gasteiger partial charge in [0.2, 0.25) is 0 Å². The predicted octanol–water partition coefficient (Wildman–Crippen LogP) is 0.514. The van der Waals surface area contributed by atoms with Crippen molar-refractivity contribution in [2.24, 2.45) is 0 Å². The van der Waals surface area contributed by atoms with E-state index in [0.29, 0.717) is 22.3 Å². The largest absolute Gasteiger partial charge is 1.00 e. The standard InChI is InChI=1S/C7H7BBrF3NS.K/c9-5-1-2-6(13)7(3-5)14-4-8(10,11)12;/h1-3H,4,13H2;/q-1;+1. The van der Waals surface area contributed by atoms with Crippen LogP contribution in [0.3, 0.4) is 0 Å². The molecule has 1 nitrogen and oxygen atoms in total. The average molecular weight is 324 g/mol. The van der Waals surface area contributed by atoms with Gasteiger partial charge >= 0.3 is 58.4 Å². The van der Waals surface area contributed by atoms with Crippen molar-refractivity contribution in [1.29, 1.82) is 0 Å². The van der Waals surface area contributed by atoms with E-state index in [1.807, 2.05) is 0 Å². The molecule has 0 aromatic heterocycles. The van der Waals surface area contributed by atoms with E-state index in [2.05, 4.69) is 15.9 Å². The molecule has 1 aromatic rings. The Kier molecular flexibility index (Phi) is 7.55. The van der Waals surface area contributed by atoms with E-state index in [-0.39, 0.29) is 51.4 Å². The fraction of sp³-hybridized carbons (Fsp3) is 0.143. The average Bonchev–Trinajstić information content (AvgIpc) is 2.05. The van der Waals surface area contributed by atoms with Gasteiger partial charge in [0.1, 0.15) is 0 Å². The number of nitrogens with two attached hydrogens (primary N) is 1. The van der Waals surface area contributed by atoms with Crippen LogP contribution in [0.1, 0.15) is 0 Å². The molecule has 78 valence electrons. The van der Waals surface area contributed by atoms with E-state index in [1.165, 1.54) is 0 Å². The molecule has 1 rings (SSSR count). The Labute approximate surface area is 141 Å². The van der Waals surface area contributed by atoms with Crippen molar-refractivity contribution >= 4 is 40.4 Å². The molecule has 0 heterocycles. The monoisotopic (exact) mass is 323 g/mol. The van der Waals surface area contributed by atoms with Gasteiger partial charge in [-0.25, -0.2) is 0 Å². The summed E-state index contributed by atoms with van der Waals surface area (Å²) in [6.07, 6.45) is 0. The molecular formula is C7H7BBrF3KNS. The maximum Gasteiger partial charge on any atom is 1.00 e. The second kappa shape index (κ2) is 6.93. The van der Waals surface area contributed by atoms with Crippen molar-refractivity contribution in [3.63, 3.8) is 0 Å². The fourth-order valence-corrected chi connectivity index (χ4v) is 2.14. The molecule has 0 aliphatic rings. The molecule has 15 heavy (non-hydrogen) atoms. The normalized spacial score (nSPS) is 10.9. The summed E-state index contributed by atoms with van der Waals surface area (Å²) in [6, 6.07) is 4.86. The van der Waals surface area contributed by atoms with E-state index in [1.54, 1.807) is 18.2 Å². The van der Waals surface area contributed by atoms with Gasteiger partial charge in [-0.15, -0.1) is 0 Å². The summed E-state index contributed by atoms with van der Waals surface area (Å²) < 4.78 is 36.6. The third kappa shape index (κ3) is 6.60. The zero-order valence-electron chi connectivity index (χ0n) is 8.01. The minimum absolute atomic E-state index is 0. The van der Waals surface area contributed by atoms with Crippen molar-refractivity contribution in [2.45, 2.75) is 4.90 Å². The molecule has 0 saturated heterocycles. The van der Waals surface area contributed by atoms with Crippen LogP contribution < -0.4 is 57.1 Å². The number of rotatable bonds is 3. The topological polar surface area (TPSA) is 26.0 Å². The minimum atomic E-state index is -4.76.